The Hall–Kier alpha value is -2.25. The van der Waals surface area contributed by atoms with E-state index < -0.39 is 0 Å². The van der Waals surface area contributed by atoms with Crippen LogP contribution in [0.15, 0.2) is 56.8 Å². The summed E-state index contributed by atoms with van der Waals surface area (Å²) >= 11 is 4.70. The Bertz CT molecular complexity index is 878. The Labute approximate surface area is 150 Å². The number of amidine groups is 1. The predicted molar refractivity (Wildman–Crippen MR) is 97.5 cm³/mol. The number of thioether (sulfide) groups is 1. The van der Waals surface area contributed by atoms with E-state index in [0.29, 0.717) is 15.8 Å². The van der Waals surface area contributed by atoms with Crippen molar-refractivity contribution < 1.29 is 14.3 Å². The van der Waals surface area contributed by atoms with Crippen LogP contribution in [0.2, 0.25) is 0 Å². The van der Waals surface area contributed by atoms with Gasteiger partial charge < -0.3 is 14.8 Å². The molecule has 0 spiro atoms. The van der Waals surface area contributed by atoms with Gasteiger partial charge in [-0.3, -0.25) is 4.79 Å². The molecule has 0 saturated carbocycles. The number of halogens is 1. The Morgan fingerprint density at radius 3 is 2.75 bits per heavy atom. The normalized spacial score (nSPS) is 19.1. The highest BCUT2D eigenvalue weighted by atomic mass is 79.9. The van der Waals surface area contributed by atoms with Gasteiger partial charge in [-0.1, -0.05) is 22.0 Å². The number of amides is 1. The number of hydrogen-bond donors (Lipinski definition) is 1. The van der Waals surface area contributed by atoms with Crippen LogP contribution in [0.4, 0.5) is 5.69 Å². The molecule has 0 radical (unpaired) electrons. The number of rotatable bonds is 2. The zero-order valence-corrected chi connectivity index (χ0v) is 14.7. The van der Waals surface area contributed by atoms with Crippen molar-refractivity contribution in [3.63, 3.8) is 0 Å². The molecule has 2 aromatic carbocycles. The van der Waals surface area contributed by atoms with E-state index in [4.69, 9.17) is 9.47 Å². The lowest BCUT2D eigenvalue weighted by atomic mass is 10.2. The third-order valence-electron chi connectivity index (χ3n) is 3.40. The highest BCUT2D eigenvalue weighted by molar-refractivity contribution is 9.10. The summed E-state index contributed by atoms with van der Waals surface area (Å²) in [7, 11) is 0. The summed E-state index contributed by atoms with van der Waals surface area (Å²) < 4.78 is 11.6. The van der Waals surface area contributed by atoms with Gasteiger partial charge in [0, 0.05) is 4.47 Å². The van der Waals surface area contributed by atoms with Crippen molar-refractivity contribution in [1.29, 1.82) is 0 Å². The maximum atomic E-state index is 12.1. The second kappa shape index (κ2) is 6.33. The SMILES string of the molecule is O=C1NC(=Nc2ccc(Br)cc2)S/C1=C/c1ccc2c(c1)OCO2. The summed E-state index contributed by atoms with van der Waals surface area (Å²) in [4.78, 5) is 17.2. The van der Waals surface area contributed by atoms with Gasteiger partial charge >= 0.3 is 0 Å². The van der Waals surface area contributed by atoms with Crippen molar-refractivity contribution in [2.24, 2.45) is 4.99 Å². The molecule has 1 amide bonds. The van der Waals surface area contributed by atoms with E-state index in [9.17, 15) is 4.79 Å². The van der Waals surface area contributed by atoms with Crippen LogP contribution in [-0.4, -0.2) is 17.9 Å². The first-order chi connectivity index (χ1) is 11.7. The van der Waals surface area contributed by atoms with Crippen molar-refractivity contribution in [1.82, 2.24) is 5.32 Å². The van der Waals surface area contributed by atoms with Crippen molar-refractivity contribution in [3.8, 4) is 11.5 Å². The van der Waals surface area contributed by atoms with Crippen LogP contribution in [0.3, 0.4) is 0 Å². The van der Waals surface area contributed by atoms with Gasteiger partial charge in [0.05, 0.1) is 10.6 Å². The van der Waals surface area contributed by atoms with E-state index in [1.807, 2.05) is 48.5 Å². The van der Waals surface area contributed by atoms with Crippen LogP contribution in [0.5, 0.6) is 11.5 Å². The molecule has 2 aliphatic heterocycles. The molecule has 0 atom stereocenters. The van der Waals surface area contributed by atoms with E-state index >= 15 is 0 Å². The number of fused-ring (bicyclic) bond motifs is 1. The number of nitrogens with zero attached hydrogens (tertiary/aromatic N) is 1. The maximum Gasteiger partial charge on any atom is 0.264 e. The highest BCUT2D eigenvalue weighted by Gasteiger charge is 2.24. The molecule has 2 aromatic rings. The molecule has 7 heteroatoms. The molecule has 5 nitrogen and oxygen atoms in total. The third kappa shape index (κ3) is 3.18. The van der Waals surface area contributed by atoms with Crippen molar-refractivity contribution in [3.05, 3.63) is 57.4 Å². The van der Waals surface area contributed by atoms with Gasteiger partial charge in [0.2, 0.25) is 6.79 Å². The number of nitrogens with one attached hydrogen (secondary N) is 1. The average molecular weight is 403 g/mol. The van der Waals surface area contributed by atoms with Crippen molar-refractivity contribution >= 4 is 50.5 Å². The number of carbonyl (C=O) groups excluding carboxylic acids is 1. The van der Waals surface area contributed by atoms with E-state index in [2.05, 4.69) is 26.2 Å². The lowest BCUT2D eigenvalue weighted by molar-refractivity contribution is -0.115. The summed E-state index contributed by atoms with van der Waals surface area (Å²) in [6.07, 6.45) is 1.81. The largest absolute Gasteiger partial charge is 0.454 e. The fraction of sp³-hybridized carbons (Fsp3) is 0.0588. The van der Waals surface area contributed by atoms with Gasteiger partial charge in [0.15, 0.2) is 16.7 Å². The second-order valence-corrected chi connectivity index (χ2v) is 7.02. The van der Waals surface area contributed by atoms with Crippen LogP contribution in [0.25, 0.3) is 6.08 Å². The van der Waals surface area contributed by atoms with Gasteiger partial charge in [-0.15, -0.1) is 0 Å². The van der Waals surface area contributed by atoms with E-state index in [-0.39, 0.29) is 12.7 Å². The minimum Gasteiger partial charge on any atom is -0.454 e. The zero-order valence-electron chi connectivity index (χ0n) is 12.3. The molecule has 0 aromatic heterocycles. The number of carbonyl (C=O) groups is 1. The van der Waals surface area contributed by atoms with Gasteiger partial charge in [0.25, 0.3) is 5.91 Å². The van der Waals surface area contributed by atoms with Crippen LogP contribution >= 0.6 is 27.7 Å². The van der Waals surface area contributed by atoms with Crippen molar-refractivity contribution in [2.75, 3.05) is 6.79 Å². The topological polar surface area (TPSA) is 59.9 Å². The number of aliphatic imine (C=N–C) groups is 1. The minimum absolute atomic E-state index is 0.159. The molecule has 0 unspecified atom stereocenters. The quantitative estimate of drug-likeness (QED) is 0.769. The molecule has 0 bridgehead atoms. The molecule has 1 N–H and O–H groups in total. The lowest BCUT2D eigenvalue weighted by Crippen LogP contribution is -2.19. The lowest BCUT2D eigenvalue weighted by Gasteiger charge is -1.98. The van der Waals surface area contributed by atoms with Gasteiger partial charge in [0.1, 0.15) is 0 Å². The number of benzene rings is 2. The van der Waals surface area contributed by atoms with Crippen LogP contribution < -0.4 is 14.8 Å². The molecule has 2 heterocycles. The summed E-state index contributed by atoms with van der Waals surface area (Å²) in [5, 5.41) is 3.34. The van der Waals surface area contributed by atoms with Crippen molar-refractivity contribution in [2.45, 2.75) is 0 Å². The standard InChI is InChI=1S/C17H11BrN2O3S/c18-11-2-4-12(5-3-11)19-17-20-16(21)15(24-17)8-10-1-6-13-14(7-10)23-9-22-13/h1-8H,9H2,(H,19,20,21)/b15-8+. The van der Waals surface area contributed by atoms with E-state index in [0.717, 1.165) is 21.5 Å². The maximum absolute atomic E-state index is 12.1. The summed E-state index contributed by atoms with van der Waals surface area (Å²) in [5.41, 5.74) is 1.66. The molecule has 120 valence electrons. The van der Waals surface area contributed by atoms with Gasteiger partial charge in [-0.05, 0) is 59.8 Å². The van der Waals surface area contributed by atoms with Gasteiger partial charge in [-0.25, -0.2) is 4.99 Å². The van der Waals surface area contributed by atoms with Crippen LogP contribution in [-0.2, 0) is 4.79 Å². The van der Waals surface area contributed by atoms with Crippen LogP contribution in [0, 0.1) is 0 Å². The first-order valence-corrected chi connectivity index (χ1v) is 8.73. The van der Waals surface area contributed by atoms with Crippen LogP contribution in [0.1, 0.15) is 5.56 Å². The smallest absolute Gasteiger partial charge is 0.264 e. The Balaban J connectivity index is 1.56. The average Bonchev–Trinajstić information content (AvgIpc) is 3.16. The van der Waals surface area contributed by atoms with Gasteiger partial charge in [-0.2, -0.15) is 0 Å². The molecule has 2 aliphatic rings. The fourth-order valence-corrected chi connectivity index (χ4v) is 3.37. The Morgan fingerprint density at radius 1 is 1.12 bits per heavy atom. The Kier molecular flexibility index (Phi) is 4.03. The second-order valence-electron chi connectivity index (χ2n) is 5.07. The summed E-state index contributed by atoms with van der Waals surface area (Å²) in [6, 6.07) is 13.1. The molecule has 0 aliphatic carbocycles. The Morgan fingerprint density at radius 2 is 1.92 bits per heavy atom. The number of hydrogen-bond acceptors (Lipinski definition) is 5. The molecule has 1 fully saturated rings. The monoisotopic (exact) mass is 402 g/mol. The molecule has 1 saturated heterocycles. The zero-order chi connectivity index (χ0) is 16.5. The predicted octanol–water partition coefficient (Wildman–Crippen LogP) is 4.07. The fourth-order valence-electron chi connectivity index (χ4n) is 2.27. The summed E-state index contributed by atoms with van der Waals surface area (Å²) in [6.45, 7) is 0.231. The van der Waals surface area contributed by atoms with E-state index in [1.54, 1.807) is 0 Å². The highest BCUT2D eigenvalue weighted by Crippen LogP contribution is 2.34. The molecule has 4 rings (SSSR count). The first kappa shape index (κ1) is 15.3. The molecular weight excluding hydrogens is 392 g/mol. The molecular formula is C17H11BrN2O3S. The minimum atomic E-state index is -0.159. The third-order valence-corrected chi connectivity index (χ3v) is 4.84. The number of ether oxygens (including phenoxy) is 2. The first-order valence-electron chi connectivity index (χ1n) is 7.12. The van der Waals surface area contributed by atoms with E-state index in [1.165, 1.54) is 11.8 Å². The summed E-state index contributed by atoms with van der Waals surface area (Å²) in [5.74, 6) is 1.25. The molecule has 24 heavy (non-hydrogen) atoms.